The number of nitrogens with one attached hydrogen (secondary N) is 2. The van der Waals surface area contributed by atoms with Crippen molar-refractivity contribution in [2.24, 2.45) is 0 Å². The molecule has 2 N–H and O–H groups in total. The number of halogens is 2. The third kappa shape index (κ3) is 5.91. The Bertz CT molecular complexity index is 673. The van der Waals surface area contributed by atoms with Crippen LogP contribution in [-0.4, -0.2) is 11.7 Å². The Morgan fingerprint density at radius 2 is 1.91 bits per heavy atom. The maximum absolute atomic E-state index is 11.8. The SMILES string of the molecule is CC(C)(C)OC(=O)Nc1cccc(NCc2cc(Br)c(Br)o2)c1. The van der Waals surface area contributed by atoms with Gasteiger partial charge in [-0.2, -0.15) is 0 Å². The highest BCUT2D eigenvalue weighted by Gasteiger charge is 2.16. The van der Waals surface area contributed by atoms with Gasteiger partial charge in [-0.1, -0.05) is 6.07 Å². The van der Waals surface area contributed by atoms with Gasteiger partial charge in [0.15, 0.2) is 4.67 Å². The van der Waals surface area contributed by atoms with E-state index in [0.717, 1.165) is 15.9 Å². The summed E-state index contributed by atoms with van der Waals surface area (Å²) in [5.74, 6) is 0.786. The van der Waals surface area contributed by atoms with Crippen LogP contribution in [-0.2, 0) is 11.3 Å². The van der Waals surface area contributed by atoms with E-state index in [1.807, 2.05) is 45.0 Å². The third-order valence-corrected chi connectivity index (χ3v) is 4.38. The van der Waals surface area contributed by atoms with Crippen LogP contribution in [0, 0.1) is 0 Å². The van der Waals surface area contributed by atoms with Crippen molar-refractivity contribution in [1.29, 1.82) is 0 Å². The molecule has 7 heteroatoms. The van der Waals surface area contributed by atoms with Crippen LogP contribution >= 0.6 is 31.9 Å². The number of amides is 1. The van der Waals surface area contributed by atoms with Gasteiger partial charge in [0.05, 0.1) is 11.0 Å². The fourth-order valence-electron chi connectivity index (χ4n) is 1.80. The summed E-state index contributed by atoms with van der Waals surface area (Å²) in [7, 11) is 0. The summed E-state index contributed by atoms with van der Waals surface area (Å²) in [5, 5.41) is 5.95. The zero-order chi connectivity index (χ0) is 17.0. The Kier molecular flexibility index (Phi) is 5.75. The second kappa shape index (κ2) is 7.40. The van der Waals surface area contributed by atoms with E-state index in [-0.39, 0.29) is 0 Å². The largest absolute Gasteiger partial charge is 0.451 e. The van der Waals surface area contributed by atoms with E-state index in [1.54, 1.807) is 6.07 Å². The van der Waals surface area contributed by atoms with Crippen molar-refractivity contribution < 1.29 is 13.9 Å². The summed E-state index contributed by atoms with van der Waals surface area (Å²) in [4.78, 5) is 11.8. The van der Waals surface area contributed by atoms with Crippen molar-refractivity contribution in [2.45, 2.75) is 32.9 Å². The summed E-state index contributed by atoms with van der Waals surface area (Å²) < 4.78 is 12.3. The third-order valence-electron chi connectivity index (χ3n) is 2.67. The molecule has 0 fully saturated rings. The van der Waals surface area contributed by atoms with Gasteiger partial charge in [-0.05, 0) is 76.9 Å². The van der Waals surface area contributed by atoms with Crippen molar-refractivity contribution in [2.75, 3.05) is 10.6 Å². The lowest BCUT2D eigenvalue weighted by Crippen LogP contribution is -2.27. The number of hydrogen-bond acceptors (Lipinski definition) is 4. The lowest BCUT2D eigenvalue weighted by Gasteiger charge is -2.19. The minimum Gasteiger partial charge on any atom is -0.451 e. The van der Waals surface area contributed by atoms with Crippen LogP contribution in [0.3, 0.4) is 0 Å². The molecule has 0 radical (unpaired) electrons. The number of hydrogen-bond donors (Lipinski definition) is 2. The van der Waals surface area contributed by atoms with Crippen LogP contribution in [0.15, 0.2) is 43.9 Å². The minimum absolute atomic E-state index is 0.478. The lowest BCUT2D eigenvalue weighted by atomic mass is 10.2. The van der Waals surface area contributed by atoms with Gasteiger partial charge >= 0.3 is 6.09 Å². The van der Waals surface area contributed by atoms with Gasteiger partial charge in [-0.25, -0.2) is 4.79 Å². The minimum atomic E-state index is -0.528. The van der Waals surface area contributed by atoms with E-state index in [0.29, 0.717) is 16.9 Å². The Balaban J connectivity index is 1.95. The molecule has 1 heterocycles. The molecule has 0 bridgehead atoms. The normalized spacial score (nSPS) is 11.2. The number of benzene rings is 1. The highest BCUT2D eigenvalue weighted by molar-refractivity contribution is 9.13. The number of rotatable bonds is 4. The molecule has 0 saturated heterocycles. The predicted octanol–water partition coefficient (Wildman–Crippen LogP) is 5.76. The number of carbonyl (C=O) groups excluding carboxylic acids is 1. The number of furan rings is 1. The molecule has 2 rings (SSSR count). The zero-order valence-electron chi connectivity index (χ0n) is 13.1. The average molecular weight is 446 g/mol. The molecule has 0 aliphatic heterocycles. The van der Waals surface area contributed by atoms with Gasteiger partial charge in [0.2, 0.25) is 0 Å². The topological polar surface area (TPSA) is 63.5 Å². The van der Waals surface area contributed by atoms with Crippen molar-refractivity contribution >= 4 is 49.3 Å². The summed E-state index contributed by atoms with van der Waals surface area (Å²) in [6.45, 7) is 6.00. The lowest BCUT2D eigenvalue weighted by molar-refractivity contribution is 0.0636. The van der Waals surface area contributed by atoms with Gasteiger partial charge in [-0.3, -0.25) is 5.32 Å². The molecule has 5 nitrogen and oxygen atoms in total. The summed E-state index contributed by atoms with van der Waals surface area (Å²) in [6, 6.07) is 9.28. The van der Waals surface area contributed by atoms with E-state index < -0.39 is 11.7 Å². The molecule has 1 aromatic heterocycles. The molecule has 23 heavy (non-hydrogen) atoms. The first kappa shape index (κ1) is 17.9. The van der Waals surface area contributed by atoms with Crippen LogP contribution in [0.25, 0.3) is 0 Å². The zero-order valence-corrected chi connectivity index (χ0v) is 16.2. The van der Waals surface area contributed by atoms with Gasteiger partial charge in [0, 0.05) is 11.4 Å². The van der Waals surface area contributed by atoms with Crippen LogP contribution in [0.4, 0.5) is 16.2 Å². The maximum Gasteiger partial charge on any atom is 0.412 e. The standard InChI is InChI=1S/C16H18Br2N2O3/c1-16(2,3)23-15(21)20-11-6-4-5-10(7-11)19-9-12-8-13(17)14(18)22-12/h4-8,19H,9H2,1-3H3,(H,20,21). The van der Waals surface area contributed by atoms with Gasteiger partial charge in [0.1, 0.15) is 11.4 Å². The van der Waals surface area contributed by atoms with E-state index >= 15 is 0 Å². The smallest absolute Gasteiger partial charge is 0.412 e. The van der Waals surface area contributed by atoms with Crippen molar-refractivity contribution in [3.63, 3.8) is 0 Å². The van der Waals surface area contributed by atoms with Gasteiger partial charge < -0.3 is 14.5 Å². The molecule has 124 valence electrons. The monoisotopic (exact) mass is 444 g/mol. The van der Waals surface area contributed by atoms with Crippen LogP contribution in [0.1, 0.15) is 26.5 Å². The van der Waals surface area contributed by atoms with Crippen LogP contribution < -0.4 is 10.6 Å². The second-order valence-corrected chi connectivity index (χ2v) is 7.47. The quantitative estimate of drug-likeness (QED) is 0.627. The first-order valence-electron chi connectivity index (χ1n) is 7.00. The highest BCUT2D eigenvalue weighted by atomic mass is 79.9. The predicted molar refractivity (Wildman–Crippen MR) is 97.7 cm³/mol. The Morgan fingerprint density at radius 3 is 2.52 bits per heavy atom. The molecule has 0 unspecified atom stereocenters. The van der Waals surface area contributed by atoms with E-state index in [2.05, 4.69) is 42.5 Å². The summed E-state index contributed by atoms with van der Waals surface area (Å²) in [6.07, 6.45) is -0.478. The van der Waals surface area contributed by atoms with Crippen molar-refractivity contribution in [3.8, 4) is 0 Å². The molecular formula is C16H18Br2N2O3. The molecule has 0 aliphatic rings. The van der Waals surface area contributed by atoms with Crippen LogP contribution in [0.2, 0.25) is 0 Å². The first-order valence-corrected chi connectivity index (χ1v) is 8.59. The fraction of sp³-hybridized carbons (Fsp3) is 0.312. The first-order chi connectivity index (χ1) is 10.7. The molecule has 1 aromatic carbocycles. The Morgan fingerprint density at radius 1 is 1.22 bits per heavy atom. The fourth-order valence-corrected chi connectivity index (χ4v) is 2.45. The highest BCUT2D eigenvalue weighted by Crippen LogP contribution is 2.27. The summed E-state index contributed by atoms with van der Waals surface area (Å²) >= 11 is 6.68. The molecule has 0 spiro atoms. The maximum atomic E-state index is 11.8. The van der Waals surface area contributed by atoms with Crippen molar-refractivity contribution in [1.82, 2.24) is 0 Å². The molecule has 0 saturated carbocycles. The molecule has 1 amide bonds. The molecular weight excluding hydrogens is 428 g/mol. The van der Waals surface area contributed by atoms with Gasteiger partial charge in [0.25, 0.3) is 0 Å². The van der Waals surface area contributed by atoms with Crippen molar-refractivity contribution in [3.05, 3.63) is 45.2 Å². The molecule has 2 aromatic rings. The summed E-state index contributed by atoms with van der Waals surface area (Å²) in [5.41, 5.74) is 0.994. The second-order valence-electron chi connectivity index (χ2n) is 5.90. The van der Waals surface area contributed by atoms with E-state index in [1.165, 1.54) is 0 Å². The molecule has 0 atom stereocenters. The average Bonchev–Trinajstić information content (AvgIpc) is 2.74. The van der Waals surface area contributed by atoms with Gasteiger partial charge in [-0.15, -0.1) is 0 Å². The van der Waals surface area contributed by atoms with E-state index in [9.17, 15) is 4.79 Å². The number of ether oxygens (including phenoxy) is 1. The number of carbonyl (C=O) groups is 1. The number of anilines is 2. The van der Waals surface area contributed by atoms with E-state index in [4.69, 9.17) is 9.15 Å². The van der Waals surface area contributed by atoms with Crippen LogP contribution in [0.5, 0.6) is 0 Å². The Hall–Kier alpha value is -1.47. The molecule has 0 aliphatic carbocycles. The Labute approximate surface area is 152 Å².